The Bertz CT molecular complexity index is 180. The van der Waals surface area contributed by atoms with Gasteiger partial charge in [-0.05, 0) is 19.8 Å². The normalized spacial score (nSPS) is 20.2. The van der Waals surface area contributed by atoms with E-state index >= 15 is 0 Å². The maximum Gasteiger partial charge on any atom is 0.226 e. The van der Waals surface area contributed by atoms with Gasteiger partial charge in [0.15, 0.2) is 0 Å². The van der Waals surface area contributed by atoms with Crippen molar-refractivity contribution in [2.45, 2.75) is 26.7 Å². The van der Waals surface area contributed by atoms with Crippen LogP contribution in [0.1, 0.15) is 26.7 Å². The monoisotopic (exact) mass is 153 g/mol. The van der Waals surface area contributed by atoms with Crippen molar-refractivity contribution in [3.8, 4) is 0 Å². The van der Waals surface area contributed by atoms with Crippen molar-refractivity contribution in [1.82, 2.24) is 5.32 Å². The lowest BCUT2D eigenvalue weighted by molar-refractivity contribution is -0.125. The second-order valence-electron chi connectivity index (χ2n) is 3.34. The largest absolute Gasteiger partial charge is 0.352 e. The molecule has 0 spiro atoms. The molecule has 0 aromatic rings. The molecule has 0 atom stereocenters. The van der Waals surface area contributed by atoms with Gasteiger partial charge in [-0.2, -0.15) is 0 Å². The van der Waals surface area contributed by atoms with Crippen LogP contribution in [0.2, 0.25) is 0 Å². The lowest BCUT2D eigenvalue weighted by atomic mass is 10.1. The number of allylic oxidation sites excluding steroid dienone is 1. The van der Waals surface area contributed by atoms with E-state index in [9.17, 15) is 4.79 Å². The molecule has 2 heteroatoms. The van der Waals surface area contributed by atoms with Crippen molar-refractivity contribution >= 4 is 5.91 Å². The lowest BCUT2D eigenvalue weighted by Crippen LogP contribution is -2.30. The summed E-state index contributed by atoms with van der Waals surface area (Å²) in [5.74, 6) is 0.204. The third-order valence-electron chi connectivity index (χ3n) is 2.16. The minimum Gasteiger partial charge on any atom is -0.352 e. The minimum atomic E-state index is -0.0262. The van der Waals surface area contributed by atoms with Gasteiger partial charge in [0.1, 0.15) is 0 Å². The summed E-state index contributed by atoms with van der Waals surface area (Å²) in [4.78, 5) is 11.3. The molecule has 1 aliphatic carbocycles. The molecule has 0 aromatic heterocycles. The second kappa shape index (κ2) is 3.07. The summed E-state index contributed by atoms with van der Waals surface area (Å²) in [7, 11) is 0. The number of carbonyl (C=O) groups excluding carboxylic acids is 1. The molecular weight excluding hydrogens is 138 g/mol. The van der Waals surface area contributed by atoms with Crippen molar-refractivity contribution in [3.63, 3.8) is 0 Å². The molecule has 0 bridgehead atoms. The van der Waals surface area contributed by atoms with Gasteiger partial charge < -0.3 is 5.32 Å². The summed E-state index contributed by atoms with van der Waals surface area (Å²) < 4.78 is 0. The highest BCUT2D eigenvalue weighted by Crippen LogP contribution is 2.44. The first-order valence-corrected chi connectivity index (χ1v) is 4.08. The van der Waals surface area contributed by atoms with E-state index in [1.807, 2.05) is 26.0 Å². The zero-order chi connectivity index (χ0) is 8.32. The summed E-state index contributed by atoms with van der Waals surface area (Å²) >= 11 is 0. The fraction of sp³-hybridized carbons (Fsp3) is 0.667. The maximum absolute atomic E-state index is 11.3. The molecule has 0 aliphatic heterocycles. The van der Waals surface area contributed by atoms with Crippen molar-refractivity contribution < 1.29 is 4.79 Å². The SMILES string of the molecule is C/C=C/CNC(=O)C1(C)CC1. The first kappa shape index (κ1) is 8.31. The van der Waals surface area contributed by atoms with Gasteiger partial charge in [0, 0.05) is 12.0 Å². The van der Waals surface area contributed by atoms with E-state index in [0.29, 0.717) is 6.54 Å². The number of hydrogen-bond acceptors (Lipinski definition) is 1. The average Bonchev–Trinajstić information content (AvgIpc) is 2.70. The molecular formula is C9H15NO. The Morgan fingerprint density at radius 2 is 2.27 bits per heavy atom. The Morgan fingerprint density at radius 1 is 1.64 bits per heavy atom. The topological polar surface area (TPSA) is 29.1 Å². The van der Waals surface area contributed by atoms with E-state index in [2.05, 4.69) is 5.32 Å². The van der Waals surface area contributed by atoms with Crippen LogP contribution in [0.4, 0.5) is 0 Å². The van der Waals surface area contributed by atoms with Crippen LogP contribution in [0.15, 0.2) is 12.2 Å². The van der Waals surface area contributed by atoms with Crippen LogP contribution in [0.3, 0.4) is 0 Å². The quantitative estimate of drug-likeness (QED) is 0.611. The summed E-state index contributed by atoms with van der Waals surface area (Å²) in [5.41, 5.74) is -0.0262. The van der Waals surface area contributed by atoms with Gasteiger partial charge in [0.25, 0.3) is 0 Å². The summed E-state index contributed by atoms with van der Waals surface area (Å²) in [5, 5.41) is 2.86. The maximum atomic E-state index is 11.3. The first-order valence-electron chi connectivity index (χ1n) is 4.08. The van der Waals surface area contributed by atoms with E-state index in [1.54, 1.807) is 0 Å². The predicted molar refractivity (Wildman–Crippen MR) is 45.2 cm³/mol. The van der Waals surface area contributed by atoms with E-state index in [0.717, 1.165) is 12.8 Å². The molecule has 0 aromatic carbocycles. The molecule has 1 aliphatic rings. The fourth-order valence-electron chi connectivity index (χ4n) is 0.897. The number of carbonyl (C=O) groups is 1. The van der Waals surface area contributed by atoms with Crippen LogP contribution in [0, 0.1) is 5.41 Å². The number of amides is 1. The fourth-order valence-corrected chi connectivity index (χ4v) is 0.897. The van der Waals surface area contributed by atoms with Gasteiger partial charge in [-0.15, -0.1) is 0 Å². The van der Waals surface area contributed by atoms with E-state index in [-0.39, 0.29) is 11.3 Å². The Labute approximate surface area is 67.7 Å². The molecule has 0 heterocycles. The van der Waals surface area contributed by atoms with Crippen molar-refractivity contribution in [3.05, 3.63) is 12.2 Å². The second-order valence-corrected chi connectivity index (χ2v) is 3.34. The van der Waals surface area contributed by atoms with Crippen LogP contribution >= 0.6 is 0 Å². The molecule has 0 unspecified atom stereocenters. The molecule has 0 radical (unpaired) electrons. The van der Waals surface area contributed by atoms with E-state index in [4.69, 9.17) is 0 Å². The standard InChI is InChI=1S/C9H15NO/c1-3-4-7-10-8(11)9(2)5-6-9/h3-4H,5-7H2,1-2H3,(H,10,11)/b4-3+. The predicted octanol–water partition coefficient (Wildman–Crippen LogP) is 1.48. The highest BCUT2D eigenvalue weighted by Gasteiger charge is 2.44. The molecule has 1 fully saturated rings. The van der Waals surface area contributed by atoms with Gasteiger partial charge in [-0.3, -0.25) is 4.79 Å². The van der Waals surface area contributed by atoms with E-state index in [1.165, 1.54) is 0 Å². The van der Waals surface area contributed by atoms with Gasteiger partial charge in [0.05, 0.1) is 0 Å². The highest BCUT2D eigenvalue weighted by atomic mass is 16.2. The Hall–Kier alpha value is -0.790. The lowest BCUT2D eigenvalue weighted by Gasteiger charge is -2.06. The van der Waals surface area contributed by atoms with Crippen LogP contribution in [-0.4, -0.2) is 12.5 Å². The molecule has 1 amide bonds. The van der Waals surface area contributed by atoms with Crippen molar-refractivity contribution in [1.29, 1.82) is 0 Å². The van der Waals surface area contributed by atoms with Crippen LogP contribution < -0.4 is 5.32 Å². The highest BCUT2D eigenvalue weighted by molar-refractivity contribution is 5.84. The molecule has 1 saturated carbocycles. The molecule has 11 heavy (non-hydrogen) atoms. The Morgan fingerprint density at radius 3 is 2.73 bits per heavy atom. The Balaban J connectivity index is 2.21. The number of rotatable bonds is 3. The molecule has 62 valence electrons. The Kier molecular flexibility index (Phi) is 2.32. The smallest absolute Gasteiger partial charge is 0.226 e. The molecule has 1 rings (SSSR count). The molecule has 1 N–H and O–H groups in total. The third-order valence-corrected chi connectivity index (χ3v) is 2.16. The van der Waals surface area contributed by atoms with Gasteiger partial charge >= 0.3 is 0 Å². The zero-order valence-electron chi connectivity index (χ0n) is 7.18. The zero-order valence-corrected chi connectivity index (χ0v) is 7.18. The van der Waals surface area contributed by atoms with Crippen LogP contribution in [0.25, 0.3) is 0 Å². The summed E-state index contributed by atoms with van der Waals surface area (Å²) in [6.45, 7) is 4.63. The number of nitrogens with one attached hydrogen (secondary N) is 1. The third kappa shape index (κ3) is 2.07. The van der Waals surface area contributed by atoms with Gasteiger partial charge in [-0.1, -0.05) is 19.1 Å². The average molecular weight is 153 g/mol. The molecule has 0 saturated heterocycles. The van der Waals surface area contributed by atoms with Crippen molar-refractivity contribution in [2.24, 2.45) is 5.41 Å². The van der Waals surface area contributed by atoms with Crippen molar-refractivity contribution in [2.75, 3.05) is 6.54 Å². The minimum absolute atomic E-state index is 0.0262. The molecule has 2 nitrogen and oxygen atoms in total. The van der Waals surface area contributed by atoms with E-state index < -0.39 is 0 Å². The van der Waals surface area contributed by atoms with Gasteiger partial charge in [0.2, 0.25) is 5.91 Å². The van der Waals surface area contributed by atoms with Crippen LogP contribution in [0.5, 0.6) is 0 Å². The summed E-state index contributed by atoms with van der Waals surface area (Å²) in [6.07, 6.45) is 5.99. The first-order chi connectivity index (χ1) is 5.19. The van der Waals surface area contributed by atoms with Crippen LogP contribution in [-0.2, 0) is 4.79 Å². The number of hydrogen-bond donors (Lipinski definition) is 1. The van der Waals surface area contributed by atoms with Gasteiger partial charge in [-0.25, -0.2) is 0 Å². The summed E-state index contributed by atoms with van der Waals surface area (Å²) in [6, 6.07) is 0.